The second kappa shape index (κ2) is 6.96. The van der Waals surface area contributed by atoms with E-state index in [1.807, 2.05) is 37.6 Å². The molecule has 0 fully saturated rings. The van der Waals surface area contributed by atoms with Gasteiger partial charge in [0.15, 0.2) is 5.78 Å². The number of aromatic nitrogens is 7. The monoisotopic (exact) mass is 439 g/mol. The normalized spacial score (nSPS) is 11.6. The zero-order valence-electron chi connectivity index (χ0n) is 17.2. The summed E-state index contributed by atoms with van der Waals surface area (Å²) >= 11 is 1.48. The summed E-state index contributed by atoms with van der Waals surface area (Å²) in [5.74, 6) is 0.0668. The van der Waals surface area contributed by atoms with Crippen LogP contribution in [0.15, 0.2) is 55.2 Å². The highest BCUT2D eigenvalue weighted by Crippen LogP contribution is 2.36. The summed E-state index contributed by atoms with van der Waals surface area (Å²) in [5.41, 5.74) is 6.23. The molecule has 0 aromatic carbocycles. The van der Waals surface area contributed by atoms with Crippen molar-refractivity contribution < 1.29 is 4.79 Å². The Balaban J connectivity index is 1.49. The summed E-state index contributed by atoms with van der Waals surface area (Å²) < 4.78 is 1.76. The van der Waals surface area contributed by atoms with Crippen molar-refractivity contribution >= 4 is 38.9 Å². The van der Waals surface area contributed by atoms with Crippen molar-refractivity contribution in [3.8, 4) is 33.1 Å². The molecule has 0 aliphatic rings. The molecule has 0 amide bonds. The highest BCUT2D eigenvalue weighted by molar-refractivity contribution is 7.17. The lowest BCUT2D eigenvalue weighted by Crippen LogP contribution is -1.85. The number of carbonyl (C=O) groups excluding carboxylic acids is 1. The fraction of sp³-hybridized carbons (Fsp3) is 0.0870. The molecule has 6 aromatic heterocycles. The highest BCUT2D eigenvalue weighted by atomic mass is 32.1. The van der Waals surface area contributed by atoms with E-state index in [9.17, 15) is 4.79 Å². The smallest absolute Gasteiger partial charge is 0.169 e. The second-order valence-corrected chi connectivity index (χ2v) is 8.73. The zero-order chi connectivity index (χ0) is 21.8. The molecule has 0 unspecified atom stereocenters. The van der Waals surface area contributed by atoms with Gasteiger partial charge in [-0.3, -0.25) is 24.5 Å². The topological polar surface area (TPSA) is 105 Å². The number of rotatable bonds is 4. The lowest BCUT2D eigenvalue weighted by atomic mass is 10.1. The molecular weight excluding hydrogens is 422 g/mol. The fourth-order valence-electron chi connectivity index (χ4n) is 3.88. The van der Waals surface area contributed by atoms with Crippen LogP contribution in [-0.2, 0) is 7.05 Å². The lowest BCUT2D eigenvalue weighted by Gasteiger charge is -1.98. The van der Waals surface area contributed by atoms with Crippen molar-refractivity contribution in [1.29, 1.82) is 0 Å². The standard InChI is InChI=1S/C23H17N7OS/c1-12(31)21-3-4-22(32-21)16-8-24-9-19-14(16)5-18(27-19)23-15-6-17(13-7-26-30(2)11-13)25-10-20(15)28-29-23/h3-11,27H,1-2H3,(H,28,29). The Bertz CT molecular complexity index is 1630. The first-order valence-corrected chi connectivity index (χ1v) is 10.8. The van der Waals surface area contributed by atoms with Crippen LogP contribution in [0.2, 0.25) is 0 Å². The molecule has 0 saturated heterocycles. The molecule has 32 heavy (non-hydrogen) atoms. The Labute approximate surface area is 186 Å². The lowest BCUT2D eigenvalue weighted by molar-refractivity contribution is 0.102. The van der Waals surface area contributed by atoms with Gasteiger partial charge in [-0.05, 0) is 31.2 Å². The van der Waals surface area contributed by atoms with Crippen LogP contribution in [0.1, 0.15) is 16.6 Å². The molecule has 156 valence electrons. The van der Waals surface area contributed by atoms with Crippen LogP contribution in [0.25, 0.3) is 54.9 Å². The van der Waals surface area contributed by atoms with Gasteiger partial charge in [-0.2, -0.15) is 10.2 Å². The third-order valence-corrected chi connectivity index (χ3v) is 6.69. The summed E-state index contributed by atoms with van der Waals surface area (Å²) in [7, 11) is 1.88. The van der Waals surface area contributed by atoms with Gasteiger partial charge in [0.05, 0.1) is 45.9 Å². The van der Waals surface area contributed by atoms with Crippen LogP contribution in [0.3, 0.4) is 0 Å². The molecule has 0 saturated carbocycles. The number of nitrogens with one attached hydrogen (secondary N) is 2. The van der Waals surface area contributed by atoms with Crippen molar-refractivity contribution in [3.05, 3.63) is 60.1 Å². The van der Waals surface area contributed by atoms with Crippen LogP contribution in [-0.4, -0.2) is 40.7 Å². The number of thiophene rings is 1. The third kappa shape index (κ3) is 2.94. The van der Waals surface area contributed by atoms with Crippen LogP contribution in [0, 0.1) is 0 Å². The third-order valence-electron chi connectivity index (χ3n) is 5.47. The summed E-state index contributed by atoms with van der Waals surface area (Å²) in [5, 5.41) is 13.9. The molecule has 6 aromatic rings. The Morgan fingerprint density at radius 3 is 2.75 bits per heavy atom. The van der Waals surface area contributed by atoms with Crippen LogP contribution >= 0.6 is 11.3 Å². The minimum absolute atomic E-state index is 0.0668. The predicted molar refractivity (Wildman–Crippen MR) is 124 cm³/mol. The van der Waals surface area contributed by atoms with Crippen molar-refractivity contribution in [3.63, 3.8) is 0 Å². The van der Waals surface area contributed by atoms with Crippen molar-refractivity contribution in [2.75, 3.05) is 0 Å². The molecular formula is C23H17N7OS. The molecule has 0 bridgehead atoms. The van der Waals surface area contributed by atoms with Gasteiger partial charge in [-0.25, -0.2) is 0 Å². The Kier molecular flexibility index (Phi) is 4.05. The van der Waals surface area contributed by atoms with Gasteiger partial charge in [0.1, 0.15) is 5.69 Å². The number of Topliss-reactive ketones (excluding diaryl/α,β-unsaturated/α-hetero) is 1. The van der Waals surface area contributed by atoms with Gasteiger partial charge in [0.2, 0.25) is 0 Å². The molecule has 9 heteroatoms. The van der Waals surface area contributed by atoms with Gasteiger partial charge in [-0.15, -0.1) is 11.3 Å². The second-order valence-electron chi connectivity index (χ2n) is 7.64. The number of fused-ring (bicyclic) bond motifs is 2. The molecule has 8 nitrogen and oxygen atoms in total. The molecule has 0 aliphatic heterocycles. The van der Waals surface area contributed by atoms with Gasteiger partial charge >= 0.3 is 0 Å². The van der Waals surface area contributed by atoms with E-state index < -0.39 is 0 Å². The van der Waals surface area contributed by atoms with Crippen molar-refractivity contribution in [2.45, 2.75) is 6.92 Å². The Morgan fingerprint density at radius 2 is 1.97 bits per heavy atom. The molecule has 2 N–H and O–H groups in total. The number of hydrogen-bond acceptors (Lipinski definition) is 6. The zero-order valence-corrected chi connectivity index (χ0v) is 18.1. The molecule has 6 heterocycles. The van der Waals surface area contributed by atoms with E-state index in [0.29, 0.717) is 0 Å². The summed E-state index contributed by atoms with van der Waals surface area (Å²) in [4.78, 5) is 25.9. The Hall–Kier alpha value is -4.11. The number of carbonyl (C=O) groups is 1. The van der Waals surface area contributed by atoms with Crippen molar-refractivity contribution in [2.24, 2.45) is 7.05 Å². The number of aryl methyl sites for hydroxylation is 1. The van der Waals surface area contributed by atoms with E-state index in [2.05, 4.69) is 36.3 Å². The molecule has 0 radical (unpaired) electrons. The number of aromatic amines is 2. The van der Waals surface area contributed by atoms with Gasteiger partial charge in [-0.1, -0.05) is 0 Å². The number of ketones is 1. The predicted octanol–water partition coefficient (Wildman–Crippen LogP) is 4.83. The van der Waals surface area contributed by atoms with Crippen molar-refractivity contribution in [1.82, 2.24) is 34.9 Å². The van der Waals surface area contributed by atoms with Gasteiger partial charge in [0, 0.05) is 46.2 Å². The molecule has 6 rings (SSSR count). The first-order valence-electron chi connectivity index (χ1n) is 9.98. The van der Waals surface area contributed by atoms with Crippen LogP contribution in [0.4, 0.5) is 0 Å². The number of H-pyrrole nitrogens is 2. The highest BCUT2D eigenvalue weighted by Gasteiger charge is 2.16. The van der Waals surface area contributed by atoms with E-state index in [1.165, 1.54) is 11.3 Å². The van der Waals surface area contributed by atoms with E-state index >= 15 is 0 Å². The van der Waals surface area contributed by atoms with E-state index in [4.69, 9.17) is 0 Å². The molecule has 0 spiro atoms. The van der Waals surface area contributed by atoms with Crippen LogP contribution < -0.4 is 0 Å². The minimum atomic E-state index is 0.0668. The van der Waals surface area contributed by atoms with Gasteiger partial charge < -0.3 is 4.98 Å². The first kappa shape index (κ1) is 18.6. The minimum Gasteiger partial charge on any atom is -0.352 e. The summed E-state index contributed by atoms with van der Waals surface area (Å²) in [6, 6.07) is 7.94. The maximum Gasteiger partial charge on any atom is 0.169 e. The first-order chi connectivity index (χ1) is 15.6. The van der Waals surface area contributed by atoms with E-state index in [1.54, 1.807) is 30.2 Å². The van der Waals surface area contributed by atoms with E-state index in [-0.39, 0.29) is 5.78 Å². The largest absolute Gasteiger partial charge is 0.352 e. The van der Waals surface area contributed by atoms with Crippen LogP contribution in [0.5, 0.6) is 0 Å². The Morgan fingerprint density at radius 1 is 1.06 bits per heavy atom. The molecule has 0 aliphatic carbocycles. The summed E-state index contributed by atoms with van der Waals surface area (Å²) in [6.45, 7) is 1.58. The summed E-state index contributed by atoms with van der Waals surface area (Å²) in [6.07, 6.45) is 9.16. The fourth-order valence-corrected chi connectivity index (χ4v) is 4.81. The molecule has 0 atom stereocenters. The average molecular weight is 440 g/mol. The average Bonchev–Trinajstić information content (AvgIpc) is 3.56. The quantitative estimate of drug-likeness (QED) is 0.383. The van der Waals surface area contributed by atoms with Gasteiger partial charge in [0.25, 0.3) is 0 Å². The maximum atomic E-state index is 11.7. The SMILES string of the molecule is CC(=O)c1ccc(-c2cncc3[nH]c(-c4n[nH]c5cnc(-c6cnn(C)c6)cc45)cc23)s1. The number of pyridine rings is 2. The maximum absolute atomic E-state index is 11.7. The number of nitrogens with zero attached hydrogens (tertiary/aromatic N) is 5. The number of hydrogen-bond donors (Lipinski definition) is 2. The van der Waals surface area contributed by atoms with E-state index in [0.717, 1.165) is 59.8 Å².